The zero-order valence-electron chi connectivity index (χ0n) is 14.8. The molecule has 1 aliphatic rings. The number of rotatable bonds is 6. The van der Waals surface area contributed by atoms with Crippen LogP contribution in [0.1, 0.15) is 30.6 Å². The quantitative estimate of drug-likeness (QED) is 0.822. The van der Waals surface area contributed by atoms with Gasteiger partial charge >= 0.3 is 0 Å². The Bertz CT molecular complexity index is 583. The van der Waals surface area contributed by atoms with E-state index in [-0.39, 0.29) is 23.8 Å². The van der Waals surface area contributed by atoms with Crippen LogP contribution >= 0.6 is 0 Å². The number of likely N-dealkylation sites (N-methyl/N-ethyl adjacent to an activating group) is 1. The van der Waals surface area contributed by atoms with E-state index in [1.54, 1.807) is 23.1 Å². The van der Waals surface area contributed by atoms with Crippen molar-refractivity contribution >= 4 is 11.8 Å². The summed E-state index contributed by atoms with van der Waals surface area (Å²) < 4.78 is 5.23. The first-order valence-electron chi connectivity index (χ1n) is 8.37. The van der Waals surface area contributed by atoms with E-state index in [9.17, 15) is 9.59 Å². The van der Waals surface area contributed by atoms with Crippen LogP contribution in [0.15, 0.2) is 24.3 Å². The number of ether oxygens (including phenoxy) is 1. The summed E-state index contributed by atoms with van der Waals surface area (Å²) in [6.07, 6.45) is 0.938. The molecule has 132 valence electrons. The number of nitrogens with zero attached hydrogens (tertiary/aromatic N) is 1. The fourth-order valence-electron chi connectivity index (χ4n) is 2.93. The maximum atomic E-state index is 12.8. The van der Waals surface area contributed by atoms with Gasteiger partial charge in [-0.2, -0.15) is 0 Å². The molecule has 2 atom stereocenters. The molecular formula is C18H27N3O3. The Morgan fingerprint density at radius 1 is 1.33 bits per heavy atom. The van der Waals surface area contributed by atoms with E-state index in [0.717, 1.165) is 19.5 Å². The predicted octanol–water partition coefficient (Wildman–Crippen LogP) is 1.27. The third-order valence-corrected chi connectivity index (χ3v) is 4.50. The van der Waals surface area contributed by atoms with Crippen molar-refractivity contribution in [2.24, 2.45) is 5.92 Å². The van der Waals surface area contributed by atoms with E-state index in [1.807, 2.05) is 27.0 Å². The molecule has 1 heterocycles. The maximum Gasteiger partial charge on any atom is 0.255 e. The predicted molar refractivity (Wildman–Crippen MR) is 93.1 cm³/mol. The lowest BCUT2D eigenvalue weighted by Gasteiger charge is -2.30. The molecule has 1 aromatic rings. The Balaban J connectivity index is 2.12. The average Bonchev–Trinajstić information content (AvgIpc) is 3.12. The van der Waals surface area contributed by atoms with Crippen molar-refractivity contribution in [2.75, 3.05) is 27.2 Å². The van der Waals surface area contributed by atoms with Crippen molar-refractivity contribution in [1.82, 2.24) is 15.5 Å². The zero-order valence-corrected chi connectivity index (χ0v) is 14.8. The van der Waals surface area contributed by atoms with Crippen LogP contribution in [0.5, 0.6) is 5.75 Å². The maximum absolute atomic E-state index is 12.8. The Hall–Kier alpha value is -2.08. The van der Waals surface area contributed by atoms with Crippen LogP contribution in [-0.4, -0.2) is 56.0 Å². The molecule has 2 amide bonds. The van der Waals surface area contributed by atoms with Gasteiger partial charge < -0.3 is 20.3 Å². The average molecular weight is 333 g/mol. The molecule has 6 nitrogen and oxygen atoms in total. The lowest BCUT2D eigenvalue weighted by molar-refractivity contribution is -0.134. The summed E-state index contributed by atoms with van der Waals surface area (Å²) in [4.78, 5) is 27.2. The zero-order chi connectivity index (χ0) is 17.7. The van der Waals surface area contributed by atoms with Gasteiger partial charge in [-0.25, -0.2) is 0 Å². The minimum atomic E-state index is -0.562. The molecule has 0 aromatic heterocycles. The van der Waals surface area contributed by atoms with Crippen LogP contribution in [0.3, 0.4) is 0 Å². The van der Waals surface area contributed by atoms with E-state index in [0.29, 0.717) is 11.3 Å². The largest absolute Gasteiger partial charge is 0.496 e. The van der Waals surface area contributed by atoms with Gasteiger partial charge in [0.1, 0.15) is 11.8 Å². The van der Waals surface area contributed by atoms with Crippen molar-refractivity contribution in [3.63, 3.8) is 0 Å². The third kappa shape index (κ3) is 4.06. The first kappa shape index (κ1) is 18.3. The highest BCUT2D eigenvalue weighted by Gasteiger charge is 2.32. The van der Waals surface area contributed by atoms with Crippen LogP contribution in [0.25, 0.3) is 0 Å². The van der Waals surface area contributed by atoms with Gasteiger partial charge in [0.15, 0.2) is 0 Å². The van der Waals surface area contributed by atoms with Gasteiger partial charge in [-0.05, 0) is 31.0 Å². The van der Waals surface area contributed by atoms with Gasteiger partial charge in [0.25, 0.3) is 5.91 Å². The fourth-order valence-corrected chi connectivity index (χ4v) is 2.93. The second-order valence-corrected chi connectivity index (χ2v) is 6.49. The van der Waals surface area contributed by atoms with Crippen molar-refractivity contribution in [3.8, 4) is 5.75 Å². The van der Waals surface area contributed by atoms with E-state index >= 15 is 0 Å². The molecule has 0 radical (unpaired) electrons. The molecule has 1 saturated heterocycles. The monoisotopic (exact) mass is 333 g/mol. The normalized spacial score (nSPS) is 18.3. The molecule has 24 heavy (non-hydrogen) atoms. The highest BCUT2D eigenvalue weighted by atomic mass is 16.5. The molecule has 0 aliphatic carbocycles. The van der Waals surface area contributed by atoms with Gasteiger partial charge in [-0.3, -0.25) is 9.59 Å². The Kier molecular flexibility index (Phi) is 6.20. The highest BCUT2D eigenvalue weighted by Crippen LogP contribution is 2.18. The number of carbonyl (C=O) groups is 2. The number of nitrogens with one attached hydrogen (secondary N) is 2. The summed E-state index contributed by atoms with van der Waals surface area (Å²) in [5.41, 5.74) is 0.434. The number of hydrogen-bond donors (Lipinski definition) is 2. The Labute approximate surface area is 143 Å². The molecule has 0 saturated carbocycles. The van der Waals surface area contributed by atoms with Gasteiger partial charge in [-0.15, -0.1) is 0 Å². The van der Waals surface area contributed by atoms with Crippen molar-refractivity contribution < 1.29 is 14.3 Å². The second-order valence-electron chi connectivity index (χ2n) is 6.49. The number of methoxy groups -OCH3 is 1. The smallest absolute Gasteiger partial charge is 0.255 e. The van der Waals surface area contributed by atoms with Crippen LogP contribution in [0.2, 0.25) is 0 Å². The summed E-state index contributed by atoms with van der Waals surface area (Å²) in [6.45, 7) is 5.59. The first-order chi connectivity index (χ1) is 11.5. The van der Waals surface area contributed by atoms with E-state index in [2.05, 4.69) is 10.6 Å². The van der Waals surface area contributed by atoms with Gasteiger partial charge in [0.2, 0.25) is 5.91 Å². The first-order valence-corrected chi connectivity index (χ1v) is 8.37. The van der Waals surface area contributed by atoms with Crippen LogP contribution in [0, 0.1) is 5.92 Å². The molecule has 1 fully saturated rings. The minimum absolute atomic E-state index is 0.00651. The van der Waals surface area contributed by atoms with Crippen LogP contribution in [0.4, 0.5) is 0 Å². The van der Waals surface area contributed by atoms with E-state index in [4.69, 9.17) is 4.74 Å². The Morgan fingerprint density at radius 3 is 2.62 bits per heavy atom. The summed E-state index contributed by atoms with van der Waals surface area (Å²) in [5.74, 6) is 0.144. The molecule has 0 spiro atoms. The van der Waals surface area contributed by atoms with E-state index < -0.39 is 6.04 Å². The van der Waals surface area contributed by atoms with E-state index in [1.165, 1.54) is 7.11 Å². The summed E-state index contributed by atoms with van der Waals surface area (Å²) in [6, 6.07) is 6.63. The number of para-hydroxylation sites is 1. The topological polar surface area (TPSA) is 70.7 Å². The number of amides is 2. The van der Waals surface area contributed by atoms with Gasteiger partial charge in [0.05, 0.1) is 12.7 Å². The highest BCUT2D eigenvalue weighted by molar-refractivity contribution is 5.99. The lowest BCUT2D eigenvalue weighted by Crippen LogP contribution is -2.53. The summed E-state index contributed by atoms with van der Waals surface area (Å²) in [7, 11) is 3.34. The van der Waals surface area contributed by atoms with Gasteiger partial charge in [0, 0.05) is 19.6 Å². The third-order valence-electron chi connectivity index (χ3n) is 4.50. The van der Waals surface area contributed by atoms with Crippen LogP contribution < -0.4 is 15.4 Å². The molecule has 6 heteroatoms. The molecule has 2 N–H and O–H groups in total. The Morgan fingerprint density at radius 2 is 2.04 bits per heavy atom. The molecular weight excluding hydrogens is 306 g/mol. The number of hydrogen-bond acceptors (Lipinski definition) is 4. The SMILES string of the molecule is COc1ccccc1C(=O)NC(C(=O)N(C)C1CCNC1)C(C)C. The molecule has 2 unspecified atom stereocenters. The molecule has 1 aliphatic heterocycles. The molecule has 2 rings (SSSR count). The number of carbonyl (C=O) groups excluding carboxylic acids is 2. The van der Waals surface area contributed by atoms with Gasteiger partial charge in [-0.1, -0.05) is 26.0 Å². The summed E-state index contributed by atoms with van der Waals surface area (Å²) >= 11 is 0. The van der Waals surface area contributed by atoms with Crippen molar-refractivity contribution in [2.45, 2.75) is 32.4 Å². The lowest BCUT2D eigenvalue weighted by atomic mass is 10.0. The van der Waals surface area contributed by atoms with Crippen molar-refractivity contribution in [3.05, 3.63) is 29.8 Å². The fraction of sp³-hybridized carbons (Fsp3) is 0.556. The van der Waals surface area contributed by atoms with Crippen LogP contribution in [-0.2, 0) is 4.79 Å². The molecule has 1 aromatic carbocycles. The molecule has 0 bridgehead atoms. The summed E-state index contributed by atoms with van der Waals surface area (Å²) in [5, 5.41) is 6.14. The van der Waals surface area contributed by atoms with Crippen molar-refractivity contribution in [1.29, 1.82) is 0 Å². The number of benzene rings is 1. The standard InChI is InChI=1S/C18H27N3O3/c1-12(2)16(18(23)21(3)13-9-10-19-11-13)20-17(22)14-7-5-6-8-15(14)24-4/h5-8,12-13,16,19H,9-11H2,1-4H3,(H,20,22). The second kappa shape index (κ2) is 8.15. The minimum Gasteiger partial charge on any atom is -0.496 e.